The van der Waals surface area contributed by atoms with E-state index < -0.39 is 0 Å². The molecule has 12 heavy (non-hydrogen) atoms. The maximum Gasteiger partial charge on any atom is 0.302 e. The molecule has 1 saturated heterocycles. The van der Waals surface area contributed by atoms with Gasteiger partial charge in [-0.1, -0.05) is 0 Å². The minimum atomic E-state index is -0.177. The maximum absolute atomic E-state index is 10.6. The highest BCUT2D eigenvalue weighted by Gasteiger charge is 2.55. The lowest BCUT2D eigenvalue weighted by Gasteiger charge is -2.21. The average molecular weight is 170 g/mol. The number of hydrogen-bond acceptors (Lipinski definition) is 3. The Bertz CT molecular complexity index is 214. The van der Waals surface area contributed by atoms with Crippen molar-refractivity contribution in [3.63, 3.8) is 0 Å². The number of ether oxygens (including phenoxy) is 2. The van der Waals surface area contributed by atoms with E-state index in [1.165, 1.54) is 6.92 Å². The quantitative estimate of drug-likeness (QED) is 0.439. The lowest BCUT2D eigenvalue weighted by Crippen LogP contribution is -2.28. The van der Waals surface area contributed by atoms with Crippen molar-refractivity contribution >= 4 is 5.97 Å². The molecule has 0 aromatic rings. The molecule has 3 unspecified atom stereocenters. The molecular formula is C9H14O3. The highest BCUT2D eigenvalue weighted by molar-refractivity contribution is 5.66. The van der Waals surface area contributed by atoms with Crippen molar-refractivity contribution in [3.8, 4) is 0 Å². The summed E-state index contributed by atoms with van der Waals surface area (Å²) in [5, 5.41) is 0. The SMILES string of the molecule is CC(=O)OC1CCC2(C)OC2C1. The van der Waals surface area contributed by atoms with E-state index in [0.717, 1.165) is 19.3 Å². The van der Waals surface area contributed by atoms with Crippen LogP contribution in [0.25, 0.3) is 0 Å². The Kier molecular flexibility index (Phi) is 1.65. The van der Waals surface area contributed by atoms with E-state index in [9.17, 15) is 4.79 Å². The summed E-state index contributed by atoms with van der Waals surface area (Å²) in [6, 6.07) is 0. The molecule has 2 rings (SSSR count). The molecule has 3 nitrogen and oxygen atoms in total. The third-order valence-electron chi connectivity index (χ3n) is 2.81. The fourth-order valence-electron chi connectivity index (χ4n) is 1.95. The lowest BCUT2D eigenvalue weighted by atomic mass is 9.89. The molecule has 0 aromatic heterocycles. The molecule has 0 amide bonds. The topological polar surface area (TPSA) is 38.8 Å². The summed E-state index contributed by atoms with van der Waals surface area (Å²) < 4.78 is 10.6. The van der Waals surface area contributed by atoms with Crippen molar-refractivity contribution in [2.24, 2.45) is 0 Å². The van der Waals surface area contributed by atoms with Gasteiger partial charge >= 0.3 is 5.97 Å². The standard InChI is InChI=1S/C9H14O3/c1-6(10)11-7-3-4-9(2)8(5-7)12-9/h7-8H,3-5H2,1-2H3. The molecule has 2 aliphatic rings. The van der Waals surface area contributed by atoms with Gasteiger partial charge in [0.05, 0.1) is 11.7 Å². The molecule has 1 saturated carbocycles. The van der Waals surface area contributed by atoms with Crippen LogP contribution >= 0.6 is 0 Å². The molecule has 1 heterocycles. The van der Waals surface area contributed by atoms with Crippen molar-refractivity contribution < 1.29 is 14.3 Å². The highest BCUT2D eigenvalue weighted by atomic mass is 16.6. The van der Waals surface area contributed by atoms with E-state index in [1.54, 1.807) is 0 Å². The molecule has 68 valence electrons. The summed E-state index contributed by atoms with van der Waals surface area (Å²) in [5.41, 5.74) is 0.122. The zero-order valence-electron chi connectivity index (χ0n) is 7.50. The Morgan fingerprint density at radius 1 is 1.67 bits per heavy atom. The van der Waals surface area contributed by atoms with Gasteiger partial charge in [0.15, 0.2) is 0 Å². The molecule has 3 heteroatoms. The number of carbonyl (C=O) groups is 1. The van der Waals surface area contributed by atoms with Gasteiger partial charge in [0.1, 0.15) is 6.10 Å². The summed E-state index contributed by atoms with van der Waals surface area (Å²) in [5.74, 6) is -0.177. The molecule has 0 radical (unpaired) electrons. The summed E-state index contributed by atoms with van der Waals surface area (Å²) in [7, 11) is 0. The Morgan fingerprint density at radius 3 is 3.00 bits per heavy atom. The fraction of sp³-hybridized carbons (Fsp3) is 0.889. The number of esters is 1. The molecule has 0 bridgehead atoms. The first-order valence-electron chi connectivity index (χ1n) is 4.45. The predicted octanol–water partition coefficient (Wildman–Crippen LogP) is 1.26. The highest BCUT2D eigenvalue weighted by Crippen LogP contribution is 2.47. The second kappa shape index (κ2) is 2.46. The molecule has 2 fully saturated rings. The first kappa shape index (κ1) is 8.05. The lowest BCUT2D eigenvalue weighted by molar-refractivity contribution is -0.147. The van der Waals surface area contributed by atoms with Gasteiger partial charge in [-0.05, 0) is 19.8 Å². The first-order chi connectivity index (χ1) is 5.60. The van der Waals surface area contributed by atoms with Gasteiger partial charge in [-0.15, -0.1) is 0 Å². The number of hydrogen-bond donors (Lipinski definition) is 0. The van der Waals surface area contributed by atoms with Gasteiger partial charge in [0, 0.05) is 13.3 Å². The second-order valence-corrected chi connectivity index (χ2v) is 3.92. The number of carbonyl (C=O) groups excluding carboxylic acids is 1. The Morgan fingerprint density at radius 2 is 2.42 bits per heavy atom. The van der Waals surface area contributed by atoms with Gasteiger partial charge in [0.25, 0.3) is 0 Å². The van der Waals surface area contributed by atoms with Crippen LogP contribution in [0.5, 0.6) is 0 Å². The van der Waals surface area contributed by atoms with Crippen molar-refractivity contribution in [2.75, 3.05) is 0 Å². The molecule has 3 atom stereocenters. The van der Waals surface area contributed by atoms with E-state index >= 15 is 0 Å². The van der Waals surface area contributed by atoms with Crippen LogP contribution in [0.4, 0.5) is 0 Å². The van der Waals surface area contributed by atoms with Crippen molar-refractivity contribution in [3.05, 3.63) is 0 Å². The van der Waals surface area contributed by atoms with E-state index in [1.807, 2.05) is 0 Å². The largest absolute Gasteiger partial charge is 0.462 e. The molecule has 0 N–H and O–H groups in total. The minimum Gasteiger partial charge on any atom is -0.462 e. The van der Waals surface area contributed by atoms with E-state index in [-0.39, 0.29) is 17.7 Å². The molecular weight excluding hydrogens is 156 g/mol. The number of epoxide rings is 1. The summed E-state index contributed by atoms with van der Waals surface area (Å²) in [6.45, 7) is 3.59. The smallest absolute Gasteiger partial charge is 0.302 e. The zero-order valence-corrected chi connectivity index (χ0v) is 7.50. The van der Waals surface area contributed by atoms with Crippen LogP contribution in [-0.2, 0) is 14.3 Å². The Balaban J connectivity index is 1.85. The summed E-state index contributed by atoms with van der Waals surface area (Å²) in [4.78, 5) is 10.6. The third-order valence-corrected chi connectivity index (χ3v) is 2.81. The van der Waals surface area contributed by atoms with Crippen LogP contribution in [0.15, 0.2) is 0 Å². The van der Waals surface area contributed by atoms with Crippen LogP contribution in [0, 0.1) is 0 Å². The third kappa shape index (κ3) is 1.33. The van der Waals surface area contributed by atoms with Crippen LogP contribution < -0.4 is 0 Å². The van der Waals surface area contributed by atoms with Gasteiger partial charge in [-0.2, -0.15) is 0 Å². The van der Waals surface area contributed by atoms with Gasteiger partial charge in [-0.3, -0.25) is 4.79 Å². The molecule has 1 aliphatic carbocycles. The number of rotatable bonds is 1. The van der Waals surface area contributed by atoms with Gasteiger partial charge in [0.2, 0.25) is 0 Å². The Hall–Kier alpha value is -0.570. The Labute approximate surface area is 72.0 Å². The zero-order chi connectivity index (χ0) is 8.77. The van der Waals surface area contributed by atoms with E-state index in [2.05, 4.69) is 6.92 Å². The molecule has 1 aliphatic heterocycles. The number of fused-ring (bicyclic) bond motifs is 1. The summed E-state index contributed by atoms with van der Waals surface area (Å²) in [6.07, 6.45) is 3.30. The minimum absolute atomic E-state index is 0.100. The van der Waals surface area contributed by atoms with Gasteiger partial charge in [-0.25, -0.2) is 0 Å². The predicted molar refractivity (Wildman–Crippen MR) is 42.7 cm³/mol. The van der Waals surface area contributed by atoms with Crippen LogP contribution in [0.2, 0.25) is 0 Å². The van der Waals surface area contributed by atoms with Crippen molar-refractivity contribution in [1.29, 1.82) is 0 Å². The first-order valence-corrected chi connectivity index (χ1v) is 4.45. The van der Waals surface area contributed by atoms with Crippen LogP contribution in [0.3, 0.4) is 0 Å². The average Bonchev–Trinajstić information content (AvgIpc) is 2.59. The monoisotopic (exact) mass is 170 g/mol. The summed E-state index contributed by atoms with van der Waals surface area (Å²) >= 11 is 0. The molecule has 0 aromatic carbocycles. The fourth-order valence-corrected chi connectivity index (χ4v) is 1.95. The van der Waals surface area contributed by atoms with E-state index in [4.69, 9.17) is 9.47 Å². The molecule has 0 spiro atoms. The van der Waals surface area contributed by atoms with Gasteiger partial charge < -0.3 is 9.47 Å². The van der Waals surface area contributed by atoms with Crippen LogP contribution in [-0.4, -0.2) is 23.8 Å². The van der Waals surface area contributed by atoms with Crippen molar-refractivity contribution in [2.45, 2.75) is 50.9 Å². The normalized spacial score (nSPS) is 44.8. The van der Waals surface area contributed by atoms with E-state index in [0.29, 0.717) is 6.10 Å². The van der Waals surface area contributed by atoms with Crippen LogP contribution in [0.1, 0.15) is 33.1 Å². The maximum atomic E-state index is 10.6. The van der Waals surface area contributed by atoms with Crippen molar-refractivity contribution in [1.82, 2.24) is 0 Å². The second-order valence-electron chi connectivity index (χ2n) is 3.92.